The Balaban J connectivity index is 1.91. The first-order valence-electron chi connectivity index (χ1n) is 5.36. The third kappa shape index (κ3) is 2.68. The number of amides is 2. The van der Waals surface area contributed by atoms with Crippen LogP contribution in [0.4, 0.5) is 0 Å². The molecule has 0 aliphatic carbocycles. The van der Waals surface area contributed by atoms with Crippen LogP contribution in [-0.2, 0) is 16.1 Å². The summed E-state index contributed by atoms with van der Waals surface area (Å²) in [6.45, 7) is 0.422. The van der Waals surface area contributed by atoms with Gasteiger partial charge in [-0.15, -0.1) is 0 Å². The number of halogens is 1. The van der Waals surface area contributed by atoms with Crippen molar-refractivity contribution in [2.24, 2.45) is 0 Å². The van der Waals surface area contributed by atoms with Crippen molar-refractivity contribution in [1.29, 1.82) is 0 Å². The Bertz CT molecular complexity index is 444. The van der Waals surface area contributed by atoms with Gasteiger partial charge in [0.15, 0.2) is 5.22 Å². The molecule has 1 aromatic rings. The smallest absolute Gasteiger partial charge is 0.246 e. The van der Waals surface area contributed by atoms with E-state index in [0.717, 1.165) is 4.90 Å². The number of nitrogens with zero attached hydrogens (tertiary/aromatic N) is 1. The fourth-order valence-corrected chi connectivity index (χ4v) is 1.94. The SMILES string of the molecule is CN1C(=O)CCC(NCc2ccc(Cl)o2)C1=O. The lowest BCUT2D eigenvalue weighted by atomic mass is 10.0. The summed E-state index contributed by atoms with van der Waals surface area (Å²) in [5.41, 5.74) is 0. The highest BCUT2D eigenvalue weighted by Crippen LogP contribution is 2.15. The van der Waals surface area contributed by atoms with Crippen LogP contribution in [0.1, 0.15) is 18.6 Å². The molecule has 2 amide bonds. The molecule has 92 valence electrons. The van der Waals surface area contributed by atoms with E-state index in [1.807, 2.05) is 0 Å². The monoisotopic (exact) mass is 256 g/mol. The Labute approximate surface area is 104 Å². The van der Waals surface area contributed by atoms with Gasteiger partial charge in [0.05, 0.1) is 12.6 Å². The van der Waals surface area contributed by atoms with Gasteiger partial charge in [-0.1, -0.05) is 0 Å². The lowest BCUT2D eigenvalue weighted by Gasteiger charge is -2.27. The van der Waals surface area contributed by atoms with Crippen LogP contribution in [0.2, 0.25) is 5.22 Å². The molecule has 0 aromatic carbocycles. The maximum Gasteiger partial charge on any atom is 0.246 e. The van der Waals surface area contributed by atoms with E-state index < -0.39 is 0 Å². The number of hydrogen-bond acceptors (Lipinski definition) is 4. The summed E-state index contributed by atoms with van der Waals surface area (Å²) < 4.78 is 5.17. The number of carbonyl (C=O) groups is 2. The van der Waals surface area contributed by atoms with E-state index in [9.17, 15) is 9.59 Å². The van der Waals surface area contributed by atoms with Crippen molar-refractivity contribution in [3.8, 4) is 0 Å². The van der Waals surface area contributed by atoms with Gasteiger partial charge in [-0.3, -0.25) is 19.8 Å². The minimum atomic E-state index is -0.332. The number of hydrogen-bond donors (Lipinski definition) is 1. The summed E-state index contributed by atoms with van der Waals surface area (Å²) >= 11 is 5.64. The fraction of sp³-hybridized carbons (Fsp3) is 0.455. The summed E-state index contributed by atoms with van der Waals surface area (Å²) in [5, 5.41) is 3.38. The molecule has 0 spiro atoms. The minimum Gasteiger partial charge on any atom is -0.448 e. The third-order valence-electron chi connectivity index (χ3n) is 2.80. The van der Waals surface area contributed by atoms with Crippen LogP contribution in [0.3, 0.4) is 0 Å². The van der Waals surface area contributed by atoms with Gasteiger partial charge in [-0.05, 0) is 30.2 Å². The number of nitrogens with one attached hydrogen (secondary N) is 1. The predicted molar refractivity (Wildman–Crippen MR) is 61.4 cm³/mol. The minimum absolute atomic E-state index is 0.130. The second-order valence-electron chi connectivity index (χ2n) is 3.97. The van der Waals surface area contributed by atoms with Crippen molar-refractivity contribution in [2.75, 3.05) is 7.05 Å². The number of imide groups is 1. The molecule has 0 bridgehead atoms. The lowest BCUT2D eigenvalue weighted by Crippen LogP contribution is -2.51. The van der Waals surface area contributed by atoms with Crippen molar-refractivity contribution in [2.45, 2.75) is 25.4 Å². The van der Waals surface area contributed by atoms with E-state index in [1.54, 1.807) is 12.1 Å². The maximum absolute atomic E-state index is 11.7. The van der Waals surface area contributed by atoms with E-state index in [-0.39, 0.29) is 17.9 Å². The second kappa shape index (κ2) is 4.89. The fourth-order valence-electron chi connectivity index (χ4n) is 1.78. The van der Waals surface area contributed by atoms with Crippen LogP contribution >= 0.6 is 11.6 Å². The van der Waals surface area contributed by atoms with E-state index in [0.29, 0.717) is 30.4 Å². The first-order chi connectivity index (χ1) is 8.08. The topological polar surface area (TPSA) is 62.6 Å². The zero-order valence-electron chi connectivity index (χ0n) is 9.40. The van der Waals surface area contributed by atoms with Crippen molar-refractivity contribution in [3.63, 3.8) is 0 Å². The van der Waals surface area contributed by atoms with E-state index in [2.05, 4.69) is 5.32 Å². The van der Waals surface area contributed by atoms with Gasteiger partial charge in [0.25, 0.3) is 0 Å². The molecule has 1 unspecified atom stereocenters. The molecule has 1 fully saturated rings. The molecule has 5 nitrogen and oxygen atoms in total. The molecule has 0 radical (unpaired) electrons. The molecular weight excluding hydrogens is 244 g/mol. The van der Waals surface area contributed by atoms with Crippen LogP contribution < -0.4 is 5.32 Å². The molecular formula is C11H13ClN2O3. The lowest BCUT2D eigenvalue weighted by molar-refractivity contribution is -0.148. The zero-order chi connectivity index (χ0) is 12.4. The second-order valence-corrected chi connectivity index (χ2v) is 4.34. The van der Waals surface area contributed by atoms with E-state index >= 15 is 0 Å². The molecule has 2 rings (SSSR count). The first kappa shape index (κ1) is 12.1. The molecule has 1 aliphatic heterocycles. The average molecular weight is 257 g/mol. The van der Waals surface area contributed by atoms with Crippen molar-refractivity contribution in [3.05, 3.63) is 23.1 Å². The van der Waals surface area contributed by atoms with Gasteiger partial charge in [0.1, 0.15) is 5.76 Å². The van der Waals surface area contributed by atoms with Gasteiger partial charge in [0, 0.05) is 13.5 Å². The summed E-state index contributed by atoms with van der Waals surface area (Å²) in [5.74, 6) is 0.343. The first-order valence-corrected chi connectivity index (χ1v) is 5.73. The summed E-state index contributed by atoms with van der Waals surface area (Å²) in [7, 11) is 1.50. The molecule has 1 aromatic heterocycles. The highest BCUT2D eigenvalue weighted by molar-refractivity contribution is 6.28. The van der Waals surface area contributed by atoms with Gasteiger partial charge in [-0.25, -0.2) is 0 Å². The summed E-state index contributed by atoms with van der Waals surface area (Å²) in [6, 6.07) is 3.07. The van der Waals surface area contributed by atoms with Crippen LogP contribution in [0.15, 0.2) is 16.5 Å². The van der Waals surface area contributed by atoms with Gasteiger partial charge < -0.3 is 4.42 Å². The number of piperidine rings is 1. The highest BCUT2D eigenvalue weighted by atomic mass is 35.5. The zero-order valence-corrected chi connectivity index (χ0v) is 10.2. The van der Waals surface area contributed by atoms with Crippen molar-refractivity contribution in [1.82, 2.24) is 10.2 Å². The number of carbonyl (C=O) groups excluding carboxylic acids is 2. The van der Waals surface area contributed by atoms with Crippen LogP contribution in [0.5, 0.6) is 0 Å². The molecule has 0 saturated carbocycles. The van der Waals surface area contributed by atoms with Crippen LogP contribution in [0.25, 0.3) is 0 Å². The number of rotatable bonds is 3. The Hall–Kier alpha value is -1.33. The number of likely N-dealkylation sites (tertiary alicyclic amines) is 1. The molecule has 17 heavy (non-hydrogen) atoms. The molecule has 1 saturated heterocycles. The number of furan rings is 1. The van der Waals surface area contributed by atoms with Gasteiger partial charge in [-0.2, -0.15) is 0 Å². The molecule has 1 aliphatic rings. The quantitative estimate of drug-likeness (QED) is 0.825. The van der Waals surface area contributed by atoms with Crippen LogP contribution in [-0.4, -0.2) is 29.8 Å². The van der Waals surface area contributed by atoms with Crippen molar-refractivity contribution >= 4 is 23.4 Å². The Kier molecular flexibility index (Phi) is 3.49. The standard InChI is InChI=1S/C11H13ClN2O3/c1-14-10(15)5-3-8(11(14)16)13-6-7-2-4-9(12)17-7/h2,4,8,13H,3,5-6H2,1H3. The Morgan fingerprint density at radius 3 is 2.94 bits per heavy atom. The molecule has 6 heteroatoms. The predicted octanol–water partition coefficient (Wildman–Crippen LogP) is 1.17. The highest BCUT2D eigenvalue weighted by Gasteiger charge is 2.31. The van der Waals surface area contributed by atoms with E-state index in [1.165, 1.54) is 7.05 Å². The normalized spacial score (nSPS) is 21.1. The summed E-state index contributed by atoms with van der Waals surface area (Å²) in [4.78, 5) is 24.2. The van der Waals surface area contributed by atoms with Gasteiger partial charge >= 0.3 is 0 Å². The Morgan fingerprint density at radius 1 is 1.53 bits per heavy atom. The Morgan fingerprint density at radius 2 is 2.29 bits per heavy atom. The average Bonchev–Trinajstić information content (AvgIpc) is 2.71. The number of likely N-dealkylation sites (N-methyl/N-ethyl adjacent to an activating group) is 1. The van der Waals surface area contributed by atoms with E-state index in [4.69, 9.17) is 16.0 Å². The largest absolute Gasteiger partial charge is 0.448 e. The molecule has 2 heterocycles. The molecule has 1 N–H and O–H groups in total. The third-order valence-corrected chi connectivity index (χ3v) is 3.00. The van der Waals surface area contributed by atoms with Crippen LogP contribution in [0, 0.1) is 0 Å². The summed E-state index contributed by atoms with van der Waals surface area (Å²) in [6.07, 6.45) is 0.912. The molecule has 1 atom stereocenters. The van der Waals surface area contributed by atoms with Crippen molar-refractivity contribution < 1.29 is 14.0 Å². The maximum atomic E-state index is 11.7. The van der Waals surface area contributed by atoms with Gasteiger partial charge in [0.2, 0.25) is 11.8 Å².